The molecule has 0 amide bonds. The topological polar surface area (TPSA) is 60.4 Å². The van der Waals surface area contributed by atoms with Crippen molar-refractivity contribution in [1.29, 1.82) is 0 Å². The summed E-state index contributed by atoms with van der Waals surface area (Å²) in [5.41, 5.74) is 0.917. The van der Waals surface area contributed by atoms with Crippen molar-refractivity contribution in [2.24, 2.45) is 0 Å². The second-order valence-electron chi connectivity index (χ2n) is 4.30. The molecule has 1 aromatic carbocycles. The smallest absolute Gasteiger partial charge is 0.147 e. The van der Waals surface area contributed by atoms with E-state index in [1.807, 2.05) is 12.1 Å². The second-order valence-corrected chi connectivity index (χ2v) is 6.56. The first-order valence-corrected chi connectivity index (χ1v) is 7.79. The zero-order chi connectivity index (χ0) is 13.6. The number of ketones is 1. The van der Waals surface area contributed by atoms with Crippen LogP contribution in [0.4, 0.5) is 0 Å². The van der Waals surface area contributed by atoms with Gasteiger partial charge in [0, 0.05) is 19.1 Å². The molecule has 0 aliphatic heterocycles. The van der Waals surface area contributed by atoms with Gasteiger partial charge in [-0.1, -0.05) is 12.1 Å². The van der Waals surface area contributed by atoms with E-state index in [0.717, 1.165) is 11.3 Å². The van der Waals surface area contributed by atoms with Crippen LogP contribution < -0.4 is 4.74 Å². The van der Waals surface area contributed by atoms with Gasteiger partial charge in [0.15, 0.2) is 0 Å². The normalized spacial score (nSPS) is 11.2. The van der Waals surface area contributed by atoms with Gasteiger partial charge in [-0.25, -0.2) is 8.42 Å². The summed E-state index contributed by atoms with van der Waals surface area (Å²) in [5, 5.41) is 0. The molecule has 100 valence electrons. The van der Waals surface area contributed by atoms with Gasteiger partial charge in [0.2, 0.25) is 0 Å². The lowest BCUT2D eigenvalue weighted by atomic mass is 10.1. The fourth-order valence-corrected chi connectivity index (χ4v) is 2.26. The summed E-state index contributed by atoms with van der Waals surface area (Å²) in [6, 6.07) is 7.29. The van der Waals surface area contributed by atoms with Crippen LogP contribution in [0.15, 0.2) is 24.3 Å². The molecule has 0 radical (unpaired) electrons. The van der Waals surface area contributed by atoms with Crippen LogP contribution in [-0.4, -0.2) is 33.3 Å². The van der Waals surface area contributed by atoms with Crippen molar-refractivity contribution in [3.63, 3.8) is 0 Å². The predicted molar refractivity (Wildman–Crippen MR) is 70.6 cm³/mol. The van der Waals surface area contributed by atoms with Crippen molar-refractivity contribution in [3.05, 3.63) is 29.8 Å². The average Bonchev–Trinajstić information content (AvgIpc) is 2.28. The van der Waals surface area contributed by atoms with Crippen LogP contribution in [0, 0.1) is 0 Å². The number of carbonyl (C=O) groups is 1. The number of methoxy groups -OCH3 is 1. The van der Waals surface area contributed by atoms with Crippen molar-refractivity contribution in [1.82, 2.24) is 0 Å². The molecule has 0 saturated heterocycles. The Kier molecular flexibility index (Phi) is 5.34. The average molecular weight is 270 g/mol. The van der Waals surface area contributed by atoms with E-state index in [9.17, 15) is 13.2 Å². The maximum Gasteiger partial charge on any atom is 0.147 e. The molecule has 1 aromatic rings. The lowest BCUT2D eigenvalue weighted by Gasteiger charge is -2.03. The van der Waals surface area contributed by atoms with Crippen LogP contribution in [0.5, 0.6) is 5.75 Å². The highest BCUT2D eigenvalue weighted by molar-refractivity contribution is 7.90. The van der Waals surface area contributed by atoms with Gasteiger partial charge in [-0.2, -0.15) is 0 Å². The third-order valence-electron chi connectivity index (χ3n) is 2.53. The minimum Gasteiger partial charge on any atom is -0.497 e. The van der Waals surface area contributed by atoms with Gasteiger partial charge in [-0.15, -0.1) is 0 Å². The number of hydrogen-bond acceptors (Lipinski definition) is 4. The molecule has 0 aromatic heterocycles. The SMILES string of the molecule is COc1ccc(CC(=O)CCCS(C)(=O)=O)cc1. The number of benzene rings is 1. The van der Waals surface area contributed by atoms with Crippen LogP contribution in [0.1, 0.15) is 18.4 Å². The number of carbonyl (C=O) groups excluding carboxylic acids is 1. The molecule has 0 N–H and O–H groups in total. The molecular formula is C13H18O4S. The first-order valence-electron chi connectivity index (χ1n) is 5.73. The predicted octanol–water partition coefficient (Wildman–Crippen LogP) is 1.63. The molecule has 0 atom stereocenters. The molecule has 0 aliphatic rings. The Morgan fingerprint density at radius 1 is 1.22 bits per heavy atom. The van der Waals surface area contributed by atoms with Gasteiger partial charge in [-0.3, -0.25) is 4.79 Å². The summed E-state index contributed by atoms with van der Waals surface area (Å²) in [4.78, 5) is 11.6. The maximum atomic E-state index is 11.6. The van der Waals surface area contributed by atoms with Gasteiger partial charge in [0.05, 0.1) is 12.9 Å². The summed E-state index contributed by atoms with van der Waals surface area (Å²) in [7, 11) is -1.38. The van der Waals surface area contributed by atoms with Gasteiger partial charge < -0.3 is 4.74 Å². The molecule has 0 bridgehead atoms. The molecule has 0 saturated carbocycles. The first kappa shape index (κ1) is 14.7. The molecule has 0 spiro atoms. The second kappa shape index (κ2) is 6.54. The molecule has 0 fully saturated rings. The summed E-state index contributed by atoms with van der Waals surface area (Å²) in [6.45, 7) is 0. The molecule has 0 unspecified atom stereocenters. The van der Waals surface area contributed by atoms with E-state index in [-0.39, 0.29) is 11.5 Å². The highest BCUT2D eigenvalue weighted by atomic mass is 32.2. The largest absolute Gasteiger partial charge is 0.497 e. The zero-order valence-electron chi connectivity index (χ0n) is 10.7. The summed E-state index contributed by atoms with van der Waals surface area (Å²) in [5.74, 6) is 0.883. The molecule has 4 nitrogen and oxygen atoms in total. The van der Waals surface area contributed by atoms with Crippen LogP contribution in [0.2, 0.25) is 0 Å². The van der Waals surface area contributed by atoms with Crippen LogP contribution in [-0.2, 0) is 21.1 Å². The summed E-state index contributed by atoms with van der Waals surface area (Å²) in [6.07, 6.45) is 2.22. The fourth-order valence-electron chi connectivity index (χ4n) is 1.59. The van der Waals surface area contributed by atoms with Gasteiger partial charge in [-0.05, 0) is 24.1 Å². The van der Waals surface area contributed by atoms with E-state index in [1.165, 1.54) is 6.26 Å². The van der Waals surface area contributed by atoms with E-state index in [1.54, 1.807) is 19.2 Å². The zero-order valence-corrected chi connectivity index (χ0v) is 11.5. The lowest BCUT2D eigenvalue weighted by molar-refractivity contribution is -0.118. The van der Waals surface area contributed by atoms with Crippen molar-refractivity contribution < 1.29 is 17.9 Å². The van der Waals surface area contributed by atoms with E-state index in [0.29, 0.717) is 19.3 Å². The number of Topliss-reactive ketones (excluding diaryl/α,β-unsaturated/α-hetero) is 1. The van der Waals surface area contributed by atoms with E-state index < -0.39 is 9.84 Å². The Balaban J connectivity index is 2.39. The molecule has 18 heavy (non-hydrogen) atoms. The summed E-state index contributed by atoms with van der Waals surface area (Å²) < 4.78 is 26.9. The molecule has 5 heteroatoms. The lowest BCUT2D eigenvalue weighted by Crippen LogP contribution is -2.08. The number of rotatable bonds is 7. The standard InChI is InChI=1S/C13H18O4S/c1-17-13-7-5-11(6-8-13)10-12(14)4-3-9-18(2,15)16/h5-8H,3-4,9-10H2,1-2H3. The van der Waals surface area contributed by atoms with Gasteiger partial charge >= 0.3 is 0 Å². The number of hydrogen-bond donors (Lipinski definition) is 0. The minimum absolute atomic E-state index is 0.0591. The Labute approximate surface area is 108 Å². The number of sulfone groups is 1. The molecule has 1 rings (SSSR count). The van der Waals surface area contributed by atoms with Crippen LogP contribution in [0.3, 0.4) is 0 Å². The third-order valence-corrected chi connectivity index (χ3v) is 3.56. The van der Waals surface area contributed by atoms with Gasteiger partial charge in [0.25, 0.3) is 0 Å². The van der Waals surface area contributed by atoms with Crippen molar-refractivity contribution in [3.8, 4) is 5.75 Å². The fraction of sp³-hybridized carbons (Fsp3) is 0.462. The van der Waals surface area contributed by atoms with E-state index in [2.05, 4.69) is 0 Å². The van der Waals surface area contributed by atoms with Crippen LogP contribution >= 0.6 is 0 Å². The molecule has 0 heterocycles. The highest BCUT2D eigenvalue weighted by Gasteiger charge is 2.07. The van der Waals surface area contributed by atoms with Crippen molar-refractivity contribution >= 4 is 15.6 Å². The number of ether oxygens (including phenoxy) is 1. The highest BCUT2D eigenvalue weighted by Crippen LogP contribution is 2.12. The Bertz CT molecular complexity index is 488. The first-order chi connectivity index (χ1) is 8.40. The third kappa shape index (κ3) is 5.82. The minimum atomic E-state index is -2.97. The Morgan fingerprint density at radius 2 is 1.83 bits per heavy atom. The van der Waals surface area contributed by atoms with Gasteiger partial charge in [0.1, 0.15) is 21.4 Å². The maximum absolute atomic E-state index is 11.6. The Morgan fingerprint density at radius 3 is 2.33 bits per heavy atom. The monoisotopic (exact) mass is 270 g/mol. The molecule has 0 aliphatic carbocycles. The quantitative estimate of drug-likeness (QED) is 0.755. The molecular weight excluding hydrogens is 252 g/mol. The van der Waals surface area contributed by atoms with E-state index >= 15 is 0 Å². The summed E-state index contributed by atoms with van der Waals surface area (Å²) >= 11 is 0. The van der Waals surface area contributed by atoms with Crippen molar-refractivity contribution in [2.45, 2.75) is 19.3 Å². The van der Waals surface area contributed by atoms with Crippen molar-refractivity contribution in [2.75, 3.05) is 19.1 Å². The Hall–Kier alpha value is -1.36. The van der Waals surface area contributed by atoms with Crippen LogP contribution in [0.25, 0.3) is 0 Å². The van der Waals surface area contributed by atoms with E-state index in [4.69, 9.17) is 4.74 Å².